The van der Waals surface area contributed by atoms with E-state index in [0.717, 1.165) is 16.6 Å². The zero-order chi connectivity index (χ0) is 14.2. The number of carbonyl (C=O) groups excluding carboxylic acids is 1. The lowest BCUT2D eigenvalue weighted by Crippen LogP contribution is -2.19. The summed E-state index contributed by atoms with van der Waals surface area (Å²) in [6.07, 6.45) is 0.809. The molecular weight excluding hydrogens is 318 g/mol. The fourth-order valence-corrected chi connectivity index (χ4v) is 2.13. The second-order valence-electron chi connectivity index (χ2n) is 4.32. The minimum Gasteiger partial charge on any atom is -0.371 e. The molecule has 1 amide bonds. The number of amides is 1. The van der Waals surface area contributed by atoms with Crippen LogP contribution in [0.1, 0.15) is 5.56 Å². The first-order valence-corrected chi connectivity index (χ1v) is 7.21. The Bertz CT molecular complexity index is 557. The number of anilines is 1. The molecule has 20 heavy (non-hydrogen) atoms. The van der Waals surface area contributed by atoms with E-state index in [4.69, 9.17) is 4.74 Å². The molecule has 4 heteroatoms. The van der Waals surface area contributed by atoms with Crippen molar-refractivity contribution < 1.29 is 9.53 Å². The van der Waals surface area contributed by atoms with Gasteiger partial charge in [-0.3, -0.25) is 4.79 Å². The average molecular weight is 334 g/mol. The van der Waals surface area contributed by atoms with Gasteiger partial charge < -0.3 is 10.1 Å². The number of benzene rings is 2. The summed E-state index contributed by atoms with van der Waals surface area (Å²) < 4.78 is 6.24. The van der Waals surface area contributed by atoms with Crippen molar-refractivity contribution in [1.29, 1.82) is 0 Å². The highest BCUT2D eigenvalue weighted by Crippen LogP contribution is 2.20. The van der Waals surface area contributed by atoms with Gasteiger partial charge in [0.2, 0.25) is 5.91 Å². The molecule has 2 aromatic rings. The maximum absolute atomic E-state index is 11.7. The first kappa shape index (κ1) is 14.8. The van der Waals surface area contributed by atoms with E-state index in [9.17, 15) is 4.79 Å². The van der Waals surface area contributed by atoms with Crippen LogP contribution in [0, 0.1) is 0 Å². The monoisotopic (exact) mass is 333 g/mol. The molecule has 0 aliphatic heterocycles. The largest absolute Gasteiger partial charge is 0.371 e. The standard InChI is InChI=1S/C16H16BrNO2/c17-14-8-4-5-9-15(14)18-16(19)12-20-11-10-13-6-2-1-3-7-13/h1-9H,10-12H2,(H,18,19). The molecule has 0 aromatic heterocycles. The van der Waals surface area contributed by atoms with E-state index in [0.29, 0.717) is 6.61 Å². The van der Waals surface area contributed by atoms with Gasteiger partial charge in [-0.25, -0.2) is 0 Å². The van der Waals surface area contributed by atoms with Crippen LogP contribution in [0.4, 0.5) is 5.69 Å². The third-order valence-electron chi connectivity index (χ3n) is 2.76. The molecular formula is C16H16BrNO2. The van der Waals surface area contributed by atoms with Gasteiger partial charge in [0.15, 0.2) is 0 Å². The number of para-hydroxylation sites is 1. The van der Waals surface area contributed by atoms with Crippen LogP contribution in [-0.4, -0.2) is 19.1 Å². The van der Waals surface area contributed by atoms with Crippen LogP contribution in [0.3, 0.4) is 0 Å². The summed E-state index contributed by atoms with van der Waals surface area (Å²) >= 11 is 3.38. The topological polar surface area (TPSA) is 38.3 Å². The van der Waals surface area contributed by atoms with E-state index >= 15 is 0 Å². The van der Waals surface area contributed by atoms with Gasteiger partial charge >= 0.3 is 0 Å². The second kappa shape index (κ2) is 7.82. The Kier molecular flexibility index (Phi) is 5.77. The third-order valence-corrected chi connectivity index (χ3v) is 3.45. The van der Waals surface area contributed by atoms with Crippen molar-refractivity contribution in [2.75, 3.05) is 18.5 Å². The quantitative estimate of drug-likeness (QED) is 0.819. The van der Waals surface area contributed by atoms with E-state index in [-0.39, 0.29) is 12.5 Å². The van der Waals surface area contributed by atoms with Gasteiger partial charge in [0.25, 0.3) is 0 Å². The van der Waals surface area contributed by atoms with E-state index in [1.807, 2.05) is 54.6 Å². The lowest BCUT2D eigenvalue weighted by Gasteiger charge is -2.08. The normalized spacial score (nSPS) is 10.2. The number of nitrogens with one attached hydrogen (secondary N) is 1. The Balaban J connectivity index is 1.69. The van der Waals surface area contributed by atoms with Crippen LogP contribution in [0.15, 0.2) is 59.1 Å². The molecule has 0 saturated carbocycles. The van der Waals surface area contributed by atoms with Crippen molar-refractivity contribution >= 4 is 27.5 Å². The molecule has 0 bridgehead atoms. The summed E-state index contributed by atoms with van der Waals surface area (Å²) in [6, 6.07) is 17.6. The molecule has 0 aliphatic rings. The van der Waals surface area contributed by atoms with Crippen molar-refractivity contribution in [3.05, 3.63) is 64.6 Å². The maximum atomic E-state index is 11.7. The molecule has 104 valence electrons. The summed E-state index contributed by atoms with van der Waals surface area (Å²) in [6.45, 7) is 0.599. The van der Waals surface area contributed by atoms with Crippen molar-refractivity contribution in [3.63, 3.8) is 0 Å². The maximum Gasteiger partial charge on any atom is 0.250 e. The number of halogens is 1. The zero-order valence-corrected chi connectivity index (χ0v) is 12.6. The molecule has 0 radical (unpaired) electrons. The Morgan fingerprint density at radius 2 is 1.75 bits per heavy atom. The highest BCUT2D eigenvalue weighted by Gasteiger charge is 2.04. The number of carbonyl (C=O) groups is 1. The van der Waals surface area contributed by atoms with Crippen LogP contribution < -0.4 is 5.32 Å². The van der Waals surface area contributed by atoms with Crippen LogP contribution in [0.25, 0.3) is 0 Å². The molecule has 0 aliphatic carbocycles. The van der Waals surface area contributed by atoms with Crippen LogP contribution in [-0.2, 0) is 16.0 Å². The number of rotatable bonds is 6. The van der Waals surface area contributed by atoms with Gasteiger partial charge in [0.1, 0.15) is 6.61 Å². The molecule has 0 saturated heterocycles. The van der Waals surface area contributed by atoms with E-state index in [2.05, 4.69) is 21.2 Å². The van der Waals surface area contributed by atoms with Crippen LogP contribution in [0.2, 0.25) is 0 Å². The zero-order valence-electron chi connectivity index (χ0n) is 11.0. The van der Waals surface area contributed by atoms with Gasteiger partial charge in [-0.2, -0.15) is 0 Å². The summed E-state index contributed by atoms with van der Waals surface area (Å²) in [7, 11) is 0. The summed E-state index contributed by atoms with van der Waals surface area (Å²) in [5, 5.41) is 2.80. The number of hydrogen-bond acceptors (Lipinski definition) is 2. The number of hydrogen-bond donors (Lipinski definition) is 1. The highest BCUT2D eigenvalue weighted by atomic mass is 79.9. The predicted molar refractivity (Wildman–Crippen MR) is 83.7 cm³/mol. The number of ether oxygens (including phenoxy) is 1. The molecule has 0 spiro atoms. The van der Waals surface area contributed by atoms with Crippen molar-refractivity contribution in [3.8, 4) is 0 Å². The lowest BCUT2D eigenvalue weighted by molar-refractivity contribution is -0.120. The summed E-state index contributed by atoms with van der Waals surface area (Å²) in [4.78, 5) is 11.7. The van der Waals surface area contributed by atoms with E-state index < -0.39 is 0 Å². The molecule has 1 N–H and O–H groups in total. The van der Waals surface area contributed by atoms with Gasteiger partial charge in [0.05, 0.1) is 12.3 Å². The Morgan fingerprint density at radius 3 is 2.50 bits per heavy atom. The Labute approximate surface area is 127 Å². The van der Waals surface area contributed by atoms with Crippen molar-refractivity contribution in [2.45, 2.75) is 6.42 Å². The minimum absolute atomic E-state index is 0.0637. The van der Waals surface area contributed by atoms with Gasteiger partial charge in [-0.1, -0.05) is 42.5 Å². The molecule has 0 fully saturated rings. The first-order valence-electron chi connectivity index (χ1n) is 6.42. The predicted octanol–water partition coefficient (Wildman–Crippen LogP) is 3.65. The lowest BCUT2D eigenvalue weighted by atomic mass is 10.2. The van der Waals surface area contributed by atoms with Crippen LogP contribution >= 0.6 is 15.9 Å². The van der Waals surface area contributed by atoms with Gasteiger partial charge in [-0.05, 0) is 40.0 Å². The first-order chi connectivity index (χ1) is 9.75. The summed E-state index contributed by atoms with van der Waals surface area (Å²) in [5.41, 5.74) is 1.96. The molecule has 0 atom stereocenters. The molecule has 0 unspecified atom stereocenters. The molecule has 3 nitrogen and oxygen atoms in total. The fourth-order valence-electron chi connectivity index (χ4n) is 1.75. The van der Waals surface area contributed by atoms with Crippen LogP contribution in [0.5, 0.6) is 0 Å². The molecule has 2 aromatic carbocycles. The smallest absolute Gasteiger partial charge is 0.250 e. The van der Waals surface area contributed by atoms with E-state index in [1.165, 1.54) is 5.56 Å². The SMILES string of the molecule is O=C(COCCc1ccccc1)Nc1ccccc1Br. The third kappa shape index (κ3) is 4.79. The highest BCUT2D eigenvalue weighted by molar-refractivity contribution is 9.10. The Morgan fingerprint density at radius 1 is 1.05 bits per heavy atom. The van der Waals surface area contributed by atoms with Crippen molar-refractivity contribution in [2.24, 2.45) is 0 Å². The van der Waals surface area contributed by atoms with E-state index in [1.54, 1.807) is 0 Å². The minimum atomic E-state index is -0.148. The molecule has 0 heterocycles. The molecule has 2 rings (SSSR count). The fraction of sp³-hybridized carbons (Fsp3) is 0.188. The second-order valence-corrected chi connectivity index (χ2v) is 5.17. The van der Waals surface area contributed by atoms with Gasteiger partial charge in [-0.15, -0.1) is 0 Å². The average Bonchev–Trinajstić information content (AvgIpc) is 2.47. The Hall–Kier alpha value is -1.65. The van der Waals surface area contributed by atoms with Gasteiger partial charge in [0, 0.05) is 4.47 Å². The summed E-state index contributed by atoms with van der Waals surface area (Å²) in [5.74, 6) is -0.148. The van der Waals surface area contributed by atoms with Crippen molar-refractivity contribution in [1.82, 2.24) is 0 Å².